The summed E-state index contributed by atoms with van der Waals surface area (Å²) in [5.41, 5.74) is 6.14. The van der Waals surface area contributed by atoms with Crippen molar-refractivity contribution < 1.29 is 10.2 Å². The summed E-state index contributed by atoms with van der Waals surface area (Å²) in [7, 11) is 0. The van der Waals surface area contributed by atoms with E-state index < -0.39 is 0 Å². The van der Waals surface area contributed by atoms with Gasteiger partial charge in [-0.15, -0.1) is 0 Å². The fourth-order valence-corrected chi connectivity index (χ4v) is 2.22. The van der Waals surface area contributed by atoms with E-state index in [2.05, 4.69) is 10.5 Å². The first-order chi connectivity index (χ1) is 10.3. The monoisotopic (exact) mass is 284 g/mol. The number of hydrogen-bond donors (Lipinski definition) is 3. The second-order valence-electron chi connectivity index (χ2n) is 4.69. The van der Waals surface area contributed by atoms with Crippen LogP contribution in [0, 0.1) is 0 Å². The summed E-state index contributed by atoms with van der Waals surface area (Å²) in [5.74, 6) is 0.319. The zero-order valence-electron chi connectivity index (χ0n) is 12.0. The average Bonchev–Trinajstić information content (AvgIpc) is 2.99. The molecule has 110 valence electrons. The summed E-state index contributed by atoms with van der Waals surface area (Å²) in [5, 5.41) is 21.8. The van der Waals surface area contributed by atoms with Crippen LogP contribution in [0.15, 0.2) is 59.7 Å². The zero-order chi connectivity index (χ0) is 15.1. The molecule has 3 rings (SSSR count). The van der Waals surface area contributed by atoms with Crippen LogP contribution in [0.5, 0.6) is 5.75 Å². The van der Waals surface area contributed by atoms with E-state index in [1.54, 1.807) is 13.0 Å². The maximum Gasteiger partial charge on any atom is 0.120 e. The molecule has 0 amide bonds. The van der Waals surface area contributed by atoms with Crippen LogP contribution in [0.1, 0.15) is 30.5 Å². The Balaban J connectivity index is 0.000000497. The molecule has 1 heterocycles. The minimum atomic E-state index is 0.0569. The molecular weight excluding hydrogens is 264 g/mol. The predicted octanol–water partition coefficient (Wildman–Crippen LogP) is 2.83. The topological polar surface area (TPSA) is 64.8 Å². The number of nitrogens with zero attached hydrogens (tertiary/aromatic N) is 1. The van der Waals surface area contributed by atoms with Gasteiger partial charge in [-0.2, -0.15) is 5.10 Å². The molecule has 0 bridgehead atoms. The van der Waals surface area contributed by atoms with Gasteiger partial charge in [0.25, 0.3) is 0 Å². The molecular formula is C17H20N2O2. The maximum absolute atomic E-state index is 9.84. The highest BCUT2D eigenvalue weighted by Gasteiger charge is 2.22. The molecule has 0 saturated heterocycles. The van der Waals surface area contributed by atoms with E-state index in [1.165, 1.54) is 0 Å². The van der Waals surface area contributed by atoms with Gasteiger partial charge in [-0.3, -0.25) is 0 Å². The largest absolute Gasteiger partial charge is 0.508 e. The van der Waals surface area contributed by atoms with Crippen molar-refractivity contribution in [1.82, 2.24) is 5.43 Å². The van der Waals surface area contributed by atoms with Gasteiger partial charge >= 0.3 is 0 Å². The number of para-hydroxylation sites is 1. The Morgan fingerprint density at radius 1 is 1.10 bits per heavy atom. The summed E-state index contributed by atoms with van der Waals surface area (Å²) in [6.07, 6.45) is 0.793. The Kier molecular flexibility index (Phi) is 5.35. The Morgan fingerprint density at radius 2 is 1.71 bits per heavy atom. The van der Waals surface area contributed by atoms with Gasteiger partial charge in [0.15, 0.2) is 0 Å². The van der Waals surface area contributed by atoms with E-state index in [0.29, 0.717) is 5.75 Å². The average molecular weight is 284 g/mol. The van der Waals surface area contributed by atoms with Crippen molar-refractivity contribution in [3.63, 3.8) is 0 Å². The number of phenolic OH excluding ortho intramolecular Hbond substituents is 1. The normalized spacial score (nSPS) is 16.5. The number of aliphatic hydroxyl groups excluding tert-OH is 1. The molecule has 4 nitrogen and oxygen atoms in total. The Morgan fingerprint density at radius 3 is 2.38 bits per heavy atom. The van der Waals surface area contributed by atoms with Gasteiger partial charge in [-0.25, -0.2) is 0 Å². The van der Waals surface area contributed by atoms with Crippen molar-refractivity contribution in [3.05, 3.63) is 65.7 Å². The molecule has 1 atom stereocenters. The first-order valence-corrected chi connectivity index (χ1v) is 7.02. The fourth-order valence-electron chi connectivity index (χ4n) is 2.22. The molecule has 2 aromatic carbocycles. The van der Waals surface area contributed by atoms with Crippen LogP contribution in [0.25, 0.3) is 0 Å². The highest BCUT2D eigenvalue weighted by molar-refractivity contribution is 6.01. The third kappa shape index (κ3) is 3.83. The number of hydrazone groups is 1. The molecule has 1 aliphatic heterocycles. The third-order valence-electron chi connectivity index (χ3n) is 3.17. The number of rotatable bonds is 2. The summed E-state index contributed by atoms with van der Waals surface area (Å²) in [6.45, 7) is 1.93. The minimum absolute atomic E-state index is 0.0569. The fraction of sp³-hybridized carbons (Fsp3) is 0.235. The Bertz CT molecular complexity index is 597. The molecule has 0 spiro atoms. The number of aromatic hydroxyl groups is 1. The van der Waals surface area contributed by atoms with Crippen molar-refractivity contribution in [1.29, 1.82) is 0 Å². The van der Waals surface area contributed by atoms with Crippen molar-refractivity contribution >= 4 is 5.71 Å². The van der Waals surface area contributed by atoms with E-state index in [4.69, 9.17) is 5.11 Å². The first-order valence-electron chi connectivity index (χ1n) is 7.02. The summed E-state index contributed by atoms with van der Waals surface area (Å²) in [6, 6.07) is 17.5. The summed E-state index contributed by atoms with van der Waals surface area (Å²) >= 11 is 0. The van der Waals surface area contributed by atoms with Crippen LogP contribution in [0.4, 0.5) is 0 Å². The smallest absolute Gasteiger partial charge is 0.120 e. The van der Waals surface area contributed by atoms with E-state index in [1.807, 2.05) is 48.5 Å². The lowest BCUT2D eigenvalue weighted by Crippen LogP contribution is -2.09. The van der Waals surface area contributed by atoms with Crippen LogP contribution in [0.3, 0.4) is 0 Å². The van der Waals surface area contributed by atoms with Crippen molar-refractivity contribution in [2.45, 2.75) is 19.4 Å². The summed E-state index contributed by atoms with van der Waals surface area (Å²) < 4.78 is 0. The highest BCUT2D eigenvalue weighted by atomic mass is 16.3. The zero-order valence-corrected chi connectivity index (χ0v) is 12.0. The molecule has 4 heteroatoms. The van der Waals surface area contributed by atoms with Crippen molar-refractivity contribution in [2.24, 2.45) is 5.10 Å². The number of phenols is 1. The second kappa shape index (κ2) is 7.45. The highest BCUT2D eigenvalue weighted by Crippen LogP contribution is 2.30. The van der Waals surface area contributed by atoms with Gasteiger partial charge < -0.3 is 15.6 Å². The molecule has 0 radical (unpaired) electrons. The van der Waals surface area contributed by atoms with Crippen LogP contribution >= 0.6 is 0 Å². The molecule has 2 aromatic rings. The minimum Gasteiger partial charge on any atom is -0.508 e. The first kappa shape index (κ1) is 15.1. The standard InChI is InChI=1S/C15H14N2O.C2H6O/c18-15-9-5-4-8-12(15)14-10-13(16-17-14)11-6-2-1-3-7-11;1-2-3/h1-9,14,17-18H,10H2;3H,2H2,1H3. The lowest BCUT2D eigenvalue weighted by molar-refractivity contribution is 0.318. The van der Waals surface area contributed by atoms with Crippen LogP contribution in [0.2, 0.25) is 0 Å². The van der Waals surface area contributed by atoms with Crippen LogP contribution in [-0.2, 0) is 0 Å². The molecule has 0 aromatic heterocycles. The second-order valence-corrected chi connectivity index (χ2v) is 4.69. The Labute approximate surface area is 124 Å². The molecule has 1 aliphatic rings. The van der Waals surface area contributed by atoms with Gasteiger partial charge in [0.1, 0.15) is 5.75 Å². The number of nitrogens with one attached hydrogen (secondary N) is 1. The SMILES string of the molecule is CCO.Oc1ccccc1C1CC(c2ccccc2)=NN1. The van der Waals surface area contributed by atoms with Crippen LogP contribution < -0.4 is 5.43 Å². The molecule has 0 saturated carbocycles. The molecule has 3 N–H and O–H groups in total. The van der Waals surface area contributed by atoms with E-state index in [9.17, 15) is 5.11 Å². The molecule has 0 aliphatic carbocycles. The molecule has 21 heavy (non-hydrogen) atoms. The van der Waals surface area contributed by atoms with Gasteiger partial charge in [0.2, 0.25) is 0 Å². The summed E-state index contributed by atoms with van der Waals surface area (Å²) in [4.78, 5) is 0. The maximum atomic E-state index is 9.84. The van der Waals surface area contributed by atoms with Gasteiger partial charge in [0, 0.05) is 18.6 Å². The van der Waals surface area contributed by atoms with E-state index >= 15 is 0 Å². The van der Waals surface area contributed by atoms with E-state index in [-0.39, 0.29) is 12.6 Å². The van der Waals surface area contributed by atoms with E-state index in [0.717, 1.165) is 23.3 Å². The van der Waals surface area contributed by atoms with Gasteiger partial charge in [0.05, 0.1) is 11.8 Å². The molecule has 0 fully saturated rings. The predicted molar refractivity (Wildman–Crippen MR) is 84.3 cm³/mol. The van der Waals surface area contributed by atoms with Crippen LogP contribution in [-0.4, -0.2) is 22.5 Å². The number of aliphatic hydroxyl groups is 1. The lowest BCUT2D eigenvalue weighted by Gasteiger charge is -2.11. The quantitative estimate of drug-likeness (QED) is 0.794. The lowest BCUT2D eigenvalue weighted by atomic mass is 9.98. The number of benzene rings is 2. The van der Waals surface area contributed by atoms with Crippen molar-refractivity contribution in [2.75, 3.05) is 6.61 Å². The van der Waals surface area contributed by atoms with Gasteiger partial charge in [-0.1, -0.05) is 48.5 Å². The third-order valence-corrected chi connectivity index (χ3v) is 3.17. The molecule has 1 unspecified atom stereocenters. The number of hydrogen-bond acceptors (Lipinski definition) is 4. The van der Waals surface area contributed by atoms with Crippen molar-refractivity contribution in [3.8, 4) is 5.75 Å². The van der Waals surface area contributed by atoms with Gasteiger partial charge in [-0.05, 0) is 18.6 Å². The Hall–Kier alpha value is -2.33.